The van der Waals surface area contributed by atoms with E-state index in [0.717, 1.165) is 21.6 Å². The predicted octanol–water partition coefficient (Wildman–Crippen LogP) is 2.74. The number of anilines is 1. The van der Waals surface area contributed by atoms with E-state index in [4.69, 9.17) is 12.2 Å². The number of fused-ring (bicyclic) bond motifs is 1. The number of hydrogen-bond acceptors (Lipinski definition) is 1. The van der Waals surface area contributed by atoms with E-state index >= 15 is 0 Å². The van der Waals surface area contributed by atoms with Gasteiger partial charge in [0.2, 0.25) is 0 Å². The molecule has 0 saturated carbocycles. The largest absolute Gasteiger partial charge is 0.349 e. The van der Waals surface area contributed by atoms with Gasteiger partial charge in [0.1, 0.15) is 0 Å². The fourth-order valence-electron chi connectivity index (χ4n) is 1.21. The second kappa shape index (κ2) is 2.57. The Morgan fingerprint density at radius 1 is 1.45 bits per heavy atom. The number of nitrogens with one attached hydrogen (secondary N) is 1. The Balaban J connectivity index is 2.57. The average molecular weight is 228 g/mol. The molecule has 0 amide bonds. The van der Waals surface area contributed by atoms with Crippen molar-refractivity contribution in [2.24, 2.45) is 0 Å². The zero-order valence-electron chi connectivity index (χ0n) is 5.73. The molecule has 1 heterocycles. The number of thiocarbonyl (C=S) groups is 1. The smallest absolute Gasteiger partial charge is 0.0842 e. The van der Waals surface area contributed by atoms with Crippen molar-refractivity contribution >= 4 is 38.8 Å². The summed E-state index contributed by atoms with van der Waals surface area (Å²) in [6, 6.07) is 6.13. The SMILES string of the molecule is S=C1Cc2cccc(Br)c2N1. The van der Waals surface area contributed by atoms with Crippen LogP contribution in [-0.4, -0.2) is 4.99 Å². The van der Waals surface area contributed by atoms with Crippen molar-refractivity contribution in [1.82, 2.24) is 0 Å². The third-order valence-electron chi connectivity index (χ3n) is 1.72. The molecule has 0 saturated heterocycles. The molecular weight excluding hydrogens is 222 g/mol. The monoisotopic (exact) mass is 227 g/mol. The molecule has 1 nitrogen and oxygen atoms in total. The average Bonchev–Trinajstić information content (AvgIpc) is 2.31. The lowest BCUT2D eigenvalue weighted by molar-refractivity contribution is 1.42. The Bertz CT molecular complexity index is 322. The first-order valence-electron chi connectivity index (χ1n) is 3.34. The summed E-state index contributed by atoms with van der Waals surface area (Å²) in [5, 5.41) is 3.15. The van der Waals surface area contributed by atoms with E-state index in [0.29, 0.717) is 0 Å². The Kier molecular flexibility index (Phi) is 1.69. The number of hydrogen-bond donors (Lipinski definition) is 1. The van der Waals surface area contributed by atoms with E-state index in [2.05, 4.69) is 27.3 Å². The first kappa shape index (κ1) is 7.25. The van der Waals surface area contributed by atoms with Crippen LogP contribution in [0.15, 0.2) is 22.7 Å². The molecule has 0 unspecified atom stereocenters. The van der Waals surface area contributed by atoms with Crippen LogP contribution in [0.4, 0.5) is 5.69 Å². The lowest BCUT2D eigenvalue weighted by Crippen LogP contribution is -2.00. The molecule has 2 rings (SSSR count). The van der Waals surface area contributed by atoms with Crippen LogP contribution < -0.4 is 5.32 Å². The highest BCUT2D eigenvalue weighted by Gasteiger charge is 2.15. The fraction of sp³-hybridized carbons (Fsp3) is 0.125. The van der Waals surface area contributed by atoms with Crippen LogP contribution in [0.5, 0.6) is 0 Å². The molecule has 1 aliphatic heterocycles. The quantitative estimate of drug-likeness (QED) is 0.685. The molecule has 1 aliphatic rings. The van der Waals surface area contributed by atoms with Gasteiger partial charge in [0, 0.05) is 10.9 Å². The summed E-state index contributed by atoms with van der Waals surface area (Å²) < 4.78 is 1.09. The molecule has 56 valence electrons. The van der Waals surface area contributed by atoms with Crippen molar-refractivity contribution in [3.63, 3.8) is 0 Å². The van der Waals surface area contributed by atoms with Gasteiger partial charge in [0.25, 0.3) is 0 Å². The molecule has 0 fully saturated rings. The molecule has 0 radical (unpaired) electrons. The molecule has 1 aromatic carbocycles. The Morgan fingerprint density at radius 3 is 3.00 bits per heavy atom. The van der Waals surface area contributed by atoms with Crippen LogP contribution in [0.2, 0.25) is 0 Å². The van der Waals surface area contributed by atoms with Crippen molar-refractivity contribution in [1.29, 1.82) is 0 Å². The van der Waals surface area contributed by atoms with E-state index in [-0.39, 0.29) is 0 Å². The van der Waals surface area contributed by atoms with Gasteiger partial charge in [-0.15, -0.1) is 0 Å². The molecule has 0 spiro atoms. The normalized spacial score (nSPS) is 14.5. The Hall–Kier alpha value is -0.410. The molecule has 0 aromatic heterocycles. The first-order valence-corrected chi connectivity index (χ1v) is 4.55. The van der Waals surface area contributed by atoms with E-state index in [1.165, 1.54) is 5.56 Å². The molecule has 11 heavy (non-hydrogen) atoms. The maximum Gasteiger partial charge on any atom is 0.0842 e. The number of para-hydroxylation sites is 1. The van der Waals surface area contributed by atoms with Gasteiger partial charge >= 0.3 is 0 Å². The minimum Gasteiger partial charge on any atom is -0.349 e. The van der Waals surface area contributed by atoms with Crippen molar-refractivity contribution in [2.45, 2.75) is 6.42 Å². The molecule has 0 aliphatic carbocycles. The summed E-state index contributed by atoms with van der Waals surface area (Å²) in [7, 11) is 0. The van der Waals surface area contributed by atoms with Crippen molar-refractivity contribution in [3.8, 4) is 0 Å². The summed E-state index contributed by atoms with van der Waals surface area (Å²) in [5.74, 6) is 0. The van der Waals surface area contributed by atoms with E-state index in [1.54, 1.807) is 0 Å². The molecule has 1 N–H and O–H groups in total. The highest BCUT2D eigenvalue weighted by atomic mass is 79.9. The Morgan fingerprint density at radius 2 is 2.27 bits per heavy atom. The van der Waals surface area contributed by atoms with Gasteiger partial charge in [-0.25, -0.2) is 0 Å². The Labute approximate surface area is 78.9 Å². The van der Waals surface area contributed by atoms with Crippen LogP contribution in [0.25, 0.3) is 0 Å². The molecular formula is C8H6BrNS. The van der Waals surface area contributed by atoms with Gasteiger partial charge in [0.05, 0.1) is 10.7 Å². The highest BCUT2D eigenvalue weighted by Crippen LogP contribution is 2.31. The van der Waals surface area contributed by atoms with Crippen molar-refractivity contribution in [2.75, 3.05) is 5.32 Å². The topological polar surface area (TPSA) is 12.0 Å². The summed E-state index contributed by atoms with van der Waals surface area (Å²) in [5.41, 5.74) is 2.42. The minimum absolute atomic E-state index is 0.879. The van der Waals surface area contributed by atoms with Crippen LogP contribution in [0, 0.1) is 0 Å². The van der Waals surface area contributed by atoms with E-state index in [9.17, 15) is 0 Å². The second-order valence-corrected chi connectivity index (χ2v) is 3.85. The fourth-order valence-corrected chi connectivity index (χ4v) is 1.98. The predicted molar refractivity (Wildman–Crippen MR) is 54.1 cm³/mol. The molecule has 0 bridgehead atoms. The molecule has 0 atom stereocenters. The van der Waals surface area contributed by atoms with Crippen LogP contribution in [0.1, 0.15) is 5.56 Å². The zero-order chi connectivity index (χ0) is 7.84. The molecule has 3 heteroatoms. The van der Waals surface area contributed by atoms with E-state index in [1.807, 2.05) is 12.1 Å². The van der Waals surface area contributed by atoms with Crippen LogP contribution in [-0.2, 0) is 6.42 Å². The van der Waals surface area contributed by atoms with Gasteiger partial charge in [-0.2, -0.15) is 0 Å². The van der Waals surface area contributed by atoms with Crippen molar-refractivity contribution < 1.29 is 0 Å². The lowest BCUT2D eigenvalue weighted by atomic mass is 10.2. The number of rotatable bonds is 0. The second-order valence-electron chi connectivity index (χ2n) is 2.50. The van der Waals surface area contributed by atoms with E-state index < -0.39 is 0 Å². The van der Waals surface area contributed by atoms with Crippen LogP contribution >= 0.6 is 28.1 Å². The highest BCUT2D eigenvalue weighted by molar-refractivity contribution is 9.10. The number of halogens is 1. The van der Waals surface area contributed by atoms with Gasteiger partial charge in [-0.05, 0) is 27.6 Å². The maximum atomic E-state index is 5.05. The first-order chi connectivity index (χ1) is 5.27. The standard InChI is InChI=1S/C8H6BrNS/c9-6-3-1-2-5-4-7(11)10-8(5)6/h1-3H,4H2,(H,10,11). The third-order valence-corrected chi connectivity index (χ3v) is 2.62. The summed E-state index contributed by atoms with van der Waals surface area (Å²) in [6.07, 6.45) is 0.879. The third kappa shape index (κ3) is 1.19. The summed E-state index contributed by atoms with van der Waals surface area (Å²) in [6.45, 7) is 0. The van der Waals surface area contributed by atoms with Gasteiger partial charge in [-0.3, -0.25) is 0 Å². The maximum absolute atomic E-state index is 5.05. The minimum atomic E-state index is 0.879. The summed E-state index contributed by atoms with van der Waals surface area (Å²) in [4.78, 5) is 0.909. The zero-order valence-corrected chi connectivity index (χ0v) is 8.13. The lowest BCUT2D eigenvalue weighted by Gasteiger charge is -1.99. The van der Waals surface area contributed by atoms with Gasteiger partial charge in [0.15, 0.2) is 0 Å². The van der Waals surface area contributed by atoms with Gasteiger partial charge in [-0.1, -0.05) is 24.4 Å². The molecule has 1 aromatic rings. The van der Waals surface area contributed by atoms with Gasteiger partial charge < -0.3 is 5.32 Å². The number of benzene rings is 1. The van der Waals surface area contributed by atoms with Crippen molar-refractivity contribution in [3.05, 3.63) is 28.2 Å². The summed E-state index contributed by atoms with van der Waals surface area (Å²) >= 11 is 8.50. The van der Waals surface area contributed by atoms with Crippen LogP contribution in [0.3, 0.4) is 0 Å².